The quantitative estimate of drug-likeness (QED) is 0.703. The summed E-state index contributed by atoms with van der Waals surface area (Å²) < 4.78 is 5.33. The number of imidazole rings is 1. The van der Waals surface area contributed by atoms with Crippen LogP contribution >= 0.6 is 0 Å². The Morgan fingerprint density at radius 1 is 1.38 bits per heavy atom. The molecule has 1 aliphatic rings. The molecule has 3 N–H and O–H groups in total. The van der Waals surface area contributed by atoms with Crippen molar-refractivity contribution in [3.8, 4) is 5.75 Å². The van der Waals surface area contributed by atoms with Gasteiger partial charge in [-0.05, 0) is 30.7 Å². The highest BCUT2D eigenvalue weighted by Crippen LogP contribution is 2.28. The van der Waals surface area contributed by atoms with E-state index in [4.69, 9.17) is 4.74 Å². The number of fused-ring (bicyclic) bond motifs is 1. The minimum absolute atomic E-state index is 0.0946. The summed E-state index contributed by atoms with van der Waals surface area (Å²) >= 11 is 0. The van der Waals surface area contributed by atoms with Gasteiger partial charge in [0, 0.05) is 25.4 Å². The maximum absolute atomic E-state index is 11.3. The molecule has 1 amide bonds. The van der Waals surface area contributed by atoms with Gasteiger partial charge in [-0.15, -0.1) is 0 Å². The number of benzene rings is 1. The summed E-state index contributed by atoms with van der Waals surface area (Å²) in [5.74, 6) is 1.65. The molecule has 110 valence electrons. The van der Waals surface area contributed by atoms with Crippen molar-refractivity contribution in [1.29, 1.82) is 0 Å². The lowest BCUT2D eigenvalue weighted by Crippen LogP contribution is -2.25. The molecular weight excluding hydrogens is 268 g/mol. The van der Waals surface area contributed by atoms with Crippen molar-refractivity contribution in [1.82, 2.24) is 15.3 Å². The minimum atomic E-state index is -0.106. The predicted molar refractivity (Wildman–Crippen MR) is 79.2 cm³/mol. The summed E-state index contributed by atoms with van der Waals surface area (Å²) in [5.41, 5.74) is 1.87. The van der Waals surface area contributed by atoms with Crippen molar-refractivity contribution in [3.63, 3.8) is 0 Å². The second kappa shape index (κ2) is 6.41. The minimum Gasteiger partial charge on any atom is -0.482 e. The van der Waals surface area contributed by atoms with Crippen LogP contribution in [0.1, 0.15) is 17.8 Å². The van der Waals surface area contributed by atoms with E-state index in [1.807, 2.05) is 24.4 Å². The van der Waals surface area contributed by atoms with E-state index in [-0.39, 0.29) is 12.5 Å². The first-order valence-corrected chi connectivity index (χ1v) is 7.06. The Morgan fingerprint density at radius 3 is 3.19 bits per heavy atom. The standard InChI is InChI=1S/C15H18N4O2/c20-15-10-21-13-4-3-11(8-12(13)19-15)9-16-5-1-2-14-17-6-7-18-14/h3-4,6-8,16H,1-2,5,9-10H2,(H,17,18)(H,19,20). The summed E-state index contributed by atoms with van der Waals surface area (Å²) in [7, 11) is 0. The van der Waals surface area contributed by atoms with Crippen molar-refractivity contribution in [2.45, 2.75) is 19.4 Å². The summed E-state index contributed by atoms with van der Waals surface area (Å²) in [6.45, 7) is 1.78. The molecule has 6 heteroatoms. The molecule has 1 aromatic heterocycles. The summed E-state index contributed by atoms with van der Waals surface area (Å²) in [5, 5.41) is 6.20. The average molecular weight is 286 g/mol. The number of ether oxygens (including phenoxy) is 1. The fourth-order valence-electron chi connectivity index (χ4n) is 2.29. The van der Waals surface area contributed by atoms with Gasteiger partial charge in [-0.2, -0.15) is 0 Å². The first-order valence-electron chi connectivity index (χ1n) is 7.06. The molecular formula is C15H18N4O2. The van der Waals surface area contributed by atoms with Crippen LogP contribution in [0.25, 0.3) is 0 Å². The molecule has 0 atom stereocenters. The van der Waals surface area contributed by atoms with Crippen LogP contribution in [-0.4, -0.2) is 29.0 Å². The number of carbonyl (C=O) groups is 1. The molecule has 6 nitrogen and oxygen atoms in total. The molecule has 0 saturated carbocycles. The van der Waals surface area contributed by atoms with Crippen LogP contribution < -0.4 is 15.4 Å². The van der Waals surface area contributed by atoms with Crippen molar-refractivity contribution in [2.24, 2.45) is 0 Å². The number of aromatic amines is 1. The highest BCUT2D eigenvalue weighted by molar-refractivity contribution is 5.95. The number of aromatic nitrogens is 2. The Bertz CT molecular complexity index is 610. The number of H-pyrrole nitrogens is 1. The van der Waals surface area contributed by atoms with E-state index in [0.717, 1.165) is 48.8 Å². The van der Waals surface area contributed by atoms with Crippen LogP contribution in [0.3, 0.4) is 0 Å². The number of hydrogen-bond acceptors (Lipinski definition) is 4. The van der Waals surface area contributed by atoms with E-state index in [1.54, 1.807) is 6.20 Å². The molecule has 0 aliphatic carbocycles. The summed E-state index contributed by atoms with van der Waals surface area (Å²) in [4.78, 5) is 18.6. The Kier molecular flexibility index (Phi) is 4.16. The number of rotatable bonds is 6. The third kappa shape index (κ3) is 3.61. The molecule has 3 rings (SSSR count). The van der Waals surface area contributed by atoms with Crippen LogP contribution in [0.5, 0.6) is 5.75 Å². The van der Waals surface area contributed by atoms with Gasteiger partial charge in [-0.3, -0.25) is 4.79 Å². The van der Waals surface area contributed by atoms with Gasteiger partial charge in [0.1, 0.15) is 11.6 Å². The van der Waals surface area contributed by atoms with Crippen LogP contribution in [0.15, 0.2) is 30.6 Å². The number of nitrogens with one attached hydrogen (secondary N) is 3. The molecule has 0 radical (unpaired) electrons. The highest BCUT2D eigenvalue weighted by Gasteiger charge is 2.15. The lowest BCUT2D eigenvalue weighted by molar-refractivity contribution is -0.118. The van der Waals surface area contributed by atoms with Gasteiger partial charge in [0.2, 0.25) is 0 Å². The third-order valence-corrected chi connectivity index (χ3v) is 3.33. The molecule has 0 saturated heterocycles. The van der Waals surface area contributed by atoms with Gasteiger partial charge in [-0.1, -0.05) is 6.07 Å². The first kappa shape index (κ1) is 13.6. The predicted octanol–water partition coefficient (Wildman–Crippen LogP) is 1.46. The summed E-state index contributed by atoms with van der Waals surface area (Å²) in [6, 6.07) is 5.86. The zero-order chi connectivity index (χ0) is 14.5. The Hall–Kier alpha value is -2.34. The van der Waals surface area contributed by atoms with Gasteiger partial charge in [0.15, 0.2) is 6.61 Å². The zero-order valence-electron chi connectivity index (χ0n) is 11.7. The maximum Gasteiger partial charge on any atom is 0.262 e. The molecule has 0 fully saturated rings. The fourth-order valence-corrected chi connectivity index (χ4v) is 2.29. The topological polar surface area (TPSA) is 79.0 Å². The number of anilines is 1. The number of aryl methyl sites for hydroxylation is 1. The largest absolute Gasteiger partial charge is 0.482 e. The zero-order valence-corrected chi connectivity index (χ0v) is 11.7. The van der Waals surface area contributed by atoms with Gasteiger partial charge in [-0.25, -0.2) is 4.98 Å². The van der Waals surface area contributed by atoms with Crippen LogP contribution in [0, 0.1) is 0 Å². The Morgan fingerprint density at radius 2 is 2.33 bits per heavy atom. The van der Waals surface area contributed by atoms with Gasteiger partial charge >= 0.3 is 0 Å². The summed E-state index contributed by atoms with van der Waals surface area (Å²) in [6.07, 6.45) is 5.57. The molecule has 1 aromatic carbocycles. The van der Waals surface area contributed by atoms with Crippen molar-refractivity contribution >= 4 is 11.6 Å². The van der Waals surface area contributed by atoms with E-state index in [9.17, 15) is 4.79 Å². The molecule has 0 unspecified atom stereocenters. The molecule has 2 aromatic rings. The maximum atomic E-state index is 11.3. The van der Waals surface area contributed by atoms with E-state index in [1.165, 1.54) is 0 Å². The van der Waals surface area contributed by atoms with Gasteiger partial charge in [0.25, 0.3) is 5.91 Å². The van der Waals surface area contributed by atoms with Crippen molar-refractivity contribution in [3.05, 3.63) is 42.0 Å². The number of carbonyl (C=O) groups excluding carboxylic acids is 1. The van der Waals surface area contributed by atoms with Crippen LogP contribution in [0.4, 0.5) is 5.69 Å². The number of amides is 1. The molecule has 21 heavy (non-hydrogen) atoms. The van der Waals surface area contributed by atoms with Crippen LogP contribution in [-0.2, 0) is 17.8 Å². The van der Waals surface area contributed by atoms with E-state index < -0.39 is 0 Å². The smallest absolute Gasteiger partial charge is 0.262 e. The third-order valence-electron chi connectivity index (χ3n) is 3.33. The Labute approximate surface area is 122 Å². The average Bonchev–Trinajstić information content (AvgIpc) is 3.00. The normalized spacial score (nSPS) is 13.4. The van der Waals surface area contributed by atoms with Crippen molar-refractivity contribution < 1.29 is 9.53 Å². The van der Waals surface area contributed by atoms with Crippen molar-refractivity contribution in [2.75, 3.05) is 18.5 Å². The highest BCUT2D eigenvalue weighted by atomic mass is 16.5. The second-order valence-electron chi connectivity index (χ2n) is 4.98. The monoisotopic (exact) mass is 286 g/mol. The number of nitrogens with zero attached hydrogens (tertiary/aromatic N) is 1. The van der Waals surface area contributed by atoms with Crippen LogP contribution in [0.2, 0.25) is 0 Å². The van der Waals surface area contributed by atoms with E-state index >= 15 is 0 Å². The van der Waals surface area contributed by atoms with Gasteiger partial charge in [0.05, 0.1) is 5.69 Å². The lowest BCUT2D eigenvalue weighted by Gasteiger charge is -2.18. The lowest BCUT2D eigenvalue weighted by atomic mass is 10.1. The van der Waals surface area contributed by atoms with E-state index in [2.05, 4.69) is 20.6 Å². The number of hydrogen-bond donors (Lipinski definition) is 3. The second-order valence-corrected chi connectivity index (χ2v) is 4.98. The first-order chi connectivity index (χ1) is 10.3. The fraction of sp³-hybridized carbons (Fsp3) is 0.333. The van der Waals surface area contributed by atoms with E-state index in [0.29, 0.717) is 0 Å². The molecule has 2 heterocycles. The molecule has 0 spiro atoms. The van der Waals surface area contributed by atoms with Gasteiger partial charge < -0.3 is 20.4 Å². The SMILES string of the molecule is O=C1COc2ccc(CNCCCc3ncc[nH]3)cc2N1. The molecule has 0 bridgehead atoms. The Balaban J connectivity index is 1.45. The molecule has 1 aliphatic heterocycles.